The Labute approximate surface area is 56.9 Å². The summed E-state index contributed by atoms with van der Waals surface area (Å²) in [5.74, 6) is 0. The lowest BCUT2D eigenvalue weighted by molar-refractivity contribution is 0.424. The second-order valence-electron chi connectivity index (χ2n) is 2.07. The first kappa shape index (κ1) is 5.34. The highest BCUT2D eigenvalue weighted by molar-refractivity contribution is 5.69. The largest absolute Gasteiger partial charge is 0.337 e. The Morgan fingerprint density at radius 3 is 3.30 bits per heavy atom. The van der Waals surface area contributed by atoms with E-state index in [4.69, 9.17) is 4.52 Å². The van der Waals surface area contributed by atoms with Crippen molar-refractivity contribution in [2.45, 2.75) is 6.92 Å². The Kier molecular flexibility index (Phi) is 0.943. The van der Waals surface area contributed by atoms with E-state index in [-0.39, 0.29) is 0 Å². The van der Waals surface area contributed by atoms with Crippen molar-refractivity contribution in [1.82, 2.24) is 15.4 Å². The average Bonchev–Trinajstić information content (AvgIpc) is 2.33. The van der Waals surface area contributed by atoms with Crippen LogP contribution >= 0.6 is 0 Å². The Hall–Kier alpha value is -1.45. The van der Waals surface area contributed by atoms with E-state index in [1.54, 1.807) is 12.3 Å². The summed E-state index contributed by atoms with van der Waals surface area (Å²) in [6.07, 6.45) is 1.64. The second kappa shape index (κ2) is 1.76. The number of nitrogens with zero attached hydrogens (tertiary/aromatic N) is 3. The first-order valence-corrected chi connectivity index (χ1v) is 2.91. The Morgan fingerprint density at radius 1 is 1.50 bits per heavy atom. The van der Waals surface area contributed by atoms with Gasteiger partial charge in [-0.05, 0) is 6.92 Å². The third kappa shape index (κ3) is 0.655. The fourth-order valence-electron chi connectivity index (χ4n) is 0.784. The molecule has 4 heteroatoms. The van der Waals surface area contributed by atoms with Gasteiger partial charge in [0.05, 0.1) is 6.20 Å². The van der Waals surface area contributed by atoms with Crippen molar-refractivity contribution in [3.05, 3.63) is 18.0 Å². The third-order valence-electron chi connectivity index (χ3n) is 1.27. The molecule has 0 N–H and O–H groups in total. The molecule has 0 aliphatic rings. The number of aromatic nitrogens is 3. The molecule has 2 aromatic rings. The summed E-state index contributed by atoms with van der Waals surface area (Å²) in [6, 6.07) is 1.80. The van der Waals surface area contributed by atoms with Gasteiger partial charge in [-0.3, -0.25) is 4.98 Å². The van der Waals surface area contributed by atoms with Crippen molar-refractivity contribution in [3.8, 4) is 0 Å². The molecular formula is C6H5N3O. The summed E-state index contributed by atoms with van der Waals surface area (Å²) in [7, 11) is 0. The standard InChI is InChI=1S/C6H5N3O/c1-4-2-6-5(3-7-4)8-9-10-6/h2-3H,1H3. The lowest BCUT2D eigenvalue weighted by Gasteiger charge is -1.85. The van der Waals surface area contributed by atoms with Gasteiger partial charge < -0.3 is 4.52 Å². The van der Waals surface area contributed by atoms with E-state index in [9.17, 15) is 0 Å². The van der Waals surface area contributed by atoms with Crippen LogP contribution in [-0.2, 0) is 0 Å². The minimum absolute atomic E-state index is 0.688. The van der Waals surface area contributed by atoms with Gasteiger partial charge in [-0.2, -0.15) is 0 Å². The van der Waals surface area contributed by atoms with Gasteiger partial charge in [-0.15, -0.1) is 5.10 Å². The molecule has 2 rings (SSSR count). The minimum Gasteiger partial charge on any atom is -0.337 e. The fourth-order valence-corrected chi connectivity index (χ4v) is 0.784. The predicted molar refractivity (Wildman–Crippen MR) is 34.3 cm³/mol. The van der Waals surface area contributed by atoms with E-state index in [0.29, 0.717) is 11.1 Å². The monoisotopic (exact) mass is 135 g/mol. The highest BCUT2D eigenvalue weighted by Gasteiger charge is 1.98. The van der Waals surface area contributed by atoms with E-state index in [1.165, 1.54) is 0 Å². The zero-order valence-electron chi connectivity index (χ0n) is 5.40. The average molecular weight is 135 g/mol. The van der Waals surface area contributed by atoms with Crippen LogP contribution in [-0.4, -0.2) is 15.4 Å². The van der Waals surface area contributed by atoms with Gasteiger partial charge >= 0.3 is 0 Å². The van der Waals surface area contributed by atoms with Gasteiger partial charge in [0, 0.05) is 17.0 Å². The molecule has 0 amide bonds. The summed E-state index contributed by atoms with van der Waals surface area (Å²) in [5.41, 5.74) is 2.30. The Bertz CT molecular complexity index is 355. The molecule has 0 aromatic carbocycles. The fraction of sp³-hybridized carbons (Fsp3) is 0.167. The lowest BCUT2D eigenvalue weighted by atomic mass is 10.3. The van der Waals surface area contributed by atoms with E-state index in [2.05, 4.69) is 15.4 Å². The van der Waals surface area contributed by atoms with Gasteiger partial charge in [0.15, 0.2) is 11.1 Å². The molecule has 0 spiro atoms. The quantitative estimate of drug-likeness (QED) is 0.539. The van der Waals surface area contributed by atoms with Gasteiger partial charge in [0.25, 0.3) is 0 Å². The number of rotatable bonds is 0. The van der Waals surface area contributed by atoms with Crippen LogP contribution in [0.5, 0.6) is 0 Å². The summed E-state index contributed by atoms with van der Waals surface area (Å²) < 4.78 is 4.80. The van der Waals surface area contributed by atoms with Crippen molar-refractivity contribution < 1.29 is 4.52 Å². The summed E-state index contributed by atoms with van der Waals surface area (Å²) >= 11 is 0. The van der Waals surface area contributed by atoms with Crippen molar-refractivity contribution >= 4 is 11.1 Å². The maximum atomic E-state index is 4.80. The van der Waals surface area contributed by atoms with E-state index >= 15 is 0 Å². The molecule has 0 saturated heterocycles. The zero-order valence-corrected chi connectivity index (χ0v) is 5.40. The van der Waals surface area contributed by atoms with Gasteiger partial charge in [-0.25, -0.2) is 0 Å². The molecule has 2 aromatic heterocycles. The normalized spacial score (nSPS) is 10.5. The van der Waals surface area contributed by atoms with Crippen LogP contribution in [0.1, 0.15) is 5.69 Å². The molecule has 50 valence electrons. The molecule has 0 fully saturated rings. The first-order valence-electron chi connectivity index (χ1n) is 2.91. The Morgan fingerprint density at radius 2 is 2.40 bits per heavy atom. The van der Waals surface area contributed by atoms with Crippen molar-refractivity contribution in [3.63, 3.8) is 0 Å². The molecule has 0 atom stereocenters. The topological polar surface area (TPSA) is 51.8 Å². The number of pyridine rings is 1. The number of aryl methyl sites for hydroxylation is 1. The highest BCUT2D eigenvalue weighted by Crippen LogP contribution is 2.08. The maximum Gasteiger partial charge on any atom is 0.190 e. The van der Waals surface area contributed by atoms with Gasteiger partial charge in [-0.1, -0.05) is 0 Å². The van der Waals surface area contributed by atoms with Crippen molar-refractivity contribution in [2.24, 2.45) is 0 Å². The summed E-state index contributed by atoms with van der Waals surface area (Å²) in [5, 5.41) is 7.06. The van der Waals surface area contributed by atoms with Crippen LogP contribution in [0.4, 0.5) is 0 Å². The molecule has 0 aliphatic carbocycles. The first-order chi connectivity index (χ1) is 4.86. The number of fused-ring (bicyclic) bond motifs is 1. The lowest BCUT2D eigenvalue weighted by Crippen LogP contribution is -1.77. The molecular weight excluding hydrogens is 130 g/mol. The molecule has 0 bridgehead atoms. The van der Waals surface area contributed by atoms with Gasteiger partial charge in [0.1, 0.15) is 0 Å². The van der Waals surface area contributed by atoms with Crippen LogP contribution in [0, 0.1) is 6.92 Å². The SMILES string of the molecule is Cc1cc2onnc2cn1. The molecule has 0 radical (unpaired) electrons. The van der Waals surface area contributed by atoms with Crippen molar-refractivity contribution in [1.29, 1.82) is 0 Å². The van der Waals surface area contributed by atoms with E-state index in [1.807, 2.05) is 6.92 Å². The van der Waals surface area contributed by atoms with Crippen LogP contribution in [0.15, 0.2) is 16.8 Å². The highest BCUT2D eigenvalue weighted by atomic mass is 16.5. The van der Waals surface area contributed by atoms with Gasteiger partial charge in [0.2, 0.25) is 0 Å². The second-order valence-corrected chi connectivity index (χ2v) is 2.07. The van der Waals surface area contributed by atoms with E-state index in [0.717, 1.165) is 5.69 Å². The number of hydrogen-bond acceptors (Lipinski definition) is 4. The van der Waals surface area contributed by atoms with Crippen LogP contribution in [0.2, 0.25) is 0 Å². The zero-order chi connectivity index (χ0) is 6.97. The molecule has 0 aliphatic heterocycles. The molecule has 0 saturated carbocycles. The Balaban J connectivity index is 2.86. The minimum atomic E-state index is 0.688. The predicted octanol–water partition coefficient (Wildman–Crippen LogP) is 0.926. The molecule has 0 unspecified atom stereocenters. The van der Waals surface area contributed by atoms with Crippen LogP contribution < -0.4 is 0 Å². The summed E-state index contributed by atoms with van der Waals surface area (Å²) in [6.45, 7) is 1.89. The molecule has 2 heterocycles. The van der Waals surface area contributed by atoms with Crippen molar-refractivity contribution in [2.75, 3.05) is 0 Å². The summed E-state index contributed by atoms with van der Waals surface area (Å²) in [4.78, 5) is 4.02. The molecule has 4 nitrogen and oxygen atoms in total. The number of hydrogen-bond donors (Lipinski definition) is 0. The van der Waals surface area contributed by atoms with Crippen LogP contribution in [0.3, 0.4) is 0 Å². The smallest absolute Gasteiger partial charge is 0.190 e. The maximum absolute atomic E-state index is 4.80. The van der Waals surface area contributed by atoms with Crippen LogP contribution in [0.25, 0.3) is 11.1 Å². The molecule has 10 heavy (non-hydrogen) atoms. The van der Waals surface area contributed by atoms with E-state index < -0.39 is 0 Å². The third-order valence-corrected chi connectivity index (χ3v) is 1.27.